The van der Waals surface area contributed by atoms with Crippen LogP contribution in [0.15, 0.2) is 0 Å². The Morgan fingerprint density at radius 2 is 2.00 bits per heavy atom. The second-order valence-corrected chi connectivity index (χ2v) is 5.39. The minimum atomic E-state index is -0.903. The minimum absolute atomic E-state index is 0.304. The maximum Gasteiger partial charge on any atom is 0.407 e. The van der Waals surface area contributed by atoms with Gasteiger partial charge in [0.1, 0.15) is 0 Å². The van der Waals surface area contributed by atoms with Crippen LogP contribution in [0.2, 0.25) is 0 Å². The highest BCUT2D eigenvalue weighted by Gasteiger charge is 2.39. The molecule has 1 unspecified atom stereocenters. The van der Waals surface area contributed by atoms with Crippen LogP contribution >= 0.6 is 0 Å². The lowest BCUT2D eigenvalue weighted by molar-refractivity contribution is 0.0194. The Labute approximate surface area is 96.3 Å². The number of amides is 1. The maximum absolute atomic E-state index is 10.8. The predicted molar refractivity (Wildman–Crippen MR) is 60.4 cm³/mol. The Morgan fingerprint density at radius 1 is 1.31 bits per heavy atom. The van der Waals surface area contributed by atoms with E-state index in [9.17, 15) is 9.90 Å². The van der Waals surface area contributed by atoms with Gasteiger partial charge in [0.15, 0.2) is 0 Å². The van der Waals surface area contributed by atoms with Crippen LogP contribution in [0, 0.1) is 5.92 Å². The van der Waals surface area contributed by atoms with E-state index < -0.39 is 11.7 Å². The van der Waals surface area contributed by atoms with Gasteiger partial charge in [-0.2, -0.15) is 0 Å². The van der Waals surface area contributed by atoms with E-state index in [0.29, 0.717) is 25.4 Å². The second kappa shape index (κ2) is 4.62. The second-order valence-electron chi connectivity index (χ2n) is 5.39. The summed E-state index contributed by atoms with van der Waals surface area (Å²) in [6, 6.07) is 0. The summed E-state index contributed by atoms with van der Waals surface area (Å²) in [5.74, 6) is 0.604. The van der Waals surface area contributed by atoms with Crippen molar-refractivity contribution in [3.8, 4) is 0 Å². The van der Waals surface area contributed by atoms with E-state index in [1.807, 2.05) is 0 Å². The molecule has 1 amide bonds. The molecule has 4 heteroatoms. The van der Waals surface area contributed by atoms with Crippen molar-refractivity contribution in [3.63, 3.8) is 0 Å². The van der Waals surface area contributed by atoms with Gasteiger partial charge in [-0.05, 0) is 18.8 Å². The fraction of sp³-hybridized carbons (Fsp3) is 0.917. The molecular weight excluding hydrogens is 206 g/mol. The lowest BCUT2D eigenvalue weighted by Crippen LogP contribution is -2.37. The van der Waals surface area contributed by atoms with Crippen LogP contribution in [0.25, 0.3) is 0 Å². The Morgan fingerprint density at radius 3 is 2.56 bits per heavy atom. The summed E-state index contributed by atoms with van der Waals surface area (Å²) in [6.45, 7) is 0.789. The first-order valence-corrected chi connectivity index (χ1v) is 6.29. The summed E-state index contributed by atoms with van der Waals surface area (Å²) in [4.78, 5) is 12.1. The highest BCUT2D eigenvalue weighted by Crippen LogP contribution is 2.34. The lowest BCUT2D eigenvalue weighted by atomic mass is 9.80. The van der Waals surface area contributed by atoms with Gasteiger partial charge in [-0.15, -0.1) is 0 Å². The van der Waals surface area contributed by atoms with Crippen LogP contribution < -0.4 is 0 Å². The molecule has 2 fully saturated rings. The largest absolute Gasteiger partial charge is 0.465 e. The van der Waals surface area contributed by atoms with Gasteiger partial charge in [0.25, 0.3) is 0 Å². The quantitative estimate of drug-likeness (QED) is 0.759. The number of β-amino-alcohol motifs (C(OH)–C–C–N with tert-alkyl or cyclic N) is 1. The van der Waals surface area contributed by atoms with E-state index >= 15 is 0 Å². The topological polar surface area (TPSA) is 60.8 Å². The number of carbonyl (C=O) groups is 1. The first-order valence-electron chi connectivity index (χ1n) is 6.29. The van der Waals surface area contributed by atoms with Crippen molar-refractivity contribution in [3.05, 3.63) is 0 Å². The van der Waals surface area contributed by atoms with Crippen molar-refractivity contribution >= 4 is 6.09 Å². The number of carboxylic acid groups (broad SMARTS) is 1. The average molecular weight is 227 g/mol. The molecule has 0 spiro atoms. The zero-order valence-corrected chi connectivity index (χ0v) is 9.69. The molecule has 4 nitrogen and oxygen atoms in total. The fourth-order valence-corrected chi connectivity index (χ4v) is 3.11. The average Bonchev–Trinajstić information content (AvgIpc) is 2.62. The van der Waals surface area contributed by atoms with Crippen molar-refractivity contribution in [2.45, 2.75) is 50.5 Å². The molecule has 1 aliphatic carbocycles. The Hall–Kier alpha value is -0.770. The van der Waals surface area contributed by atoms with E-state index in [1.165, 1.54) is 37.0 Å². The predicted octanol–water partition coefficient (Wildman–Crippen LogP) is 2.07. The van der Waals surface area contributed by atoms with E-state index in [4.69, 9.17) is 5.11 Å². The van der Waals surface area contributed by atoms with Crippen LogP contribution in [0.1, 0.15) is 44.9 Å². The van der Waals surface area contributed by atoms with Gasteiger partial charge < -0.3 is 15.1 Å². The monoisotopic (exact) mass is 227 g/mol. The van der Waals surface area contributed by atoms with E-state index in [1.54, 1.807) is 0 Å². The highest BCUT2D eigenvalue weighted by molar-refractivity contribution is 5.65. The van der Waals surface area contributed by atoms with Crippen molar-refractivity contribution in [1.82, 2.24) is 4.90 Å². The molecule has 92 valence electrons. The molecule has 1 saturated carbocycles. The van der Waals surface area contributed by atoms with E-state index in [-0.39, 0.29) is 0 Å². The van der Waals surface area contributed by atoms with Crippen LogP contribution in [0.3, 0.4) is 0 Å². The third-order valence-corrected chi connectivity index (χ3v) is 4.00. The number of rotatable bonds is 2. The number of likely N-dealkylation sites (tertiary alicyclic amines) is 1. The minimum Gasteiger partial charge on any atom is -0.465 e. The van der Waals surface area contributed by atoms with Gasteiger partial charge in [0, 0.05) is 6.54 Å². The molecule has 2 N–H and O–H groups in total. The third kappa shape index (κ3) is 2.67. The van der Waals surface area contributed by atoms with Crippen molar-refractivity contribution < 1.29 is 15.0 Å². The normalized spacial score (nSPS) is 31.9. The van der Waals surface area contributed by atoms with Gasteiger partial charge in [0.2, 0.25) is 0 Å². The van der Waals surface area contributed by atoms with Gasteiger partial charge in [0.05, 0.1) is 12.1 Å². The molecule has 2 aliphatic rings. The molecule has 1 saturated heterocycles. The molecule has 2 rings (SSSR count). The summed E-state index contributed by atoms with van der Waals surface area (Å²) >= 11 is 0. The third-order valence-electron chi connectivity index (χ3n) is 4.00. The first kappa shape index (κ1) is 11.7. The number of nitrogens with zero attached hydrogens (tertiary/aromatic N) is 1. The molecule has 0 radical (unpaired) electrons. The SMILES string of the molecule is O=C(O)N1CCC(O)(CC2CCCCC2)C1. The van der Waals surface area contributed by atoms with Crippen LogP contribution in [-0.2, 0) is 0 Å². The molecule has 1 atom stereocenters. The molecule has 1 heterocycles. The Kier molecular flexibility index (Phi) is 3.38. The molecule has 0 aromatic heterocycles. The smallest absolute Gasteiger partial charge is 0.407 e. The summed E-state index contributed by atoms with van der Waals surface area (Å²) in [7, 11) is 0. The first-order chi connectivity index (χ1) is 7.59. The highest BCUT2D eigenvalue weighted by atomic mass is 16.4. The summed E-state index contributed by atoms with van der Waals surface area (Å²) in [5, 5.41) is 19.2. The molecule has 0 aromatic rings. The molecule has 0 aromatic carbocycles. The van der Waals surface area contributed by atoms with Crippen molar-refractivity contribution in [1.29, 1.82) is 0 Å². The lowest BCUT2D eigenvalue weighted by Gasteiger charge is -2.30. The standard InChI is InChI=1S/C12H21NO3/c14-11(15)13-7-6-12(16,9-13)8-10-4-2-1-3-5-10/h10,16H,1-9H2,(H,14,15). The number of aliphatic hydroxyl groups is 1. The zero-order valence-electron chi connectivity index (χ0n) is 9.69. The van der Waals surface area contributed by atoms with Crippen molar-refractivity contribution in [2.24, 2.45) is 5.92 Å². The van der Waals surface area contributed by atoms with E-state index in [0.717, 1.165) is 6.42 Å². The summed E-state index contributed by atoms with van der Waals surface area (Å²) < 4.78 is 0. The fourth-order valence-electron chi connectivity index (χ4n) is 3.11. The van der Waals surface area contributed by atoms with E-state index in [2.05, 4.69) is 0 Å². The van der Waals surface area contributed by atoms with Gasteiger partial charge in [-0.3, -0.25) is 0 Å². The van der Waals surface area contributed by atoms with Gasteiger partial charge >= 0.3 is 6.09 Å². The number of hydrogen-bond donors (Lipinski definition) is 2. The van der Waals surface area contributed by atoms with Crippen LogP contribution in [0.5, 0.6) is 0 Å². The number of hydrogen-bond acceptors (Lipinski definition) is 2. The Balaban J connectivity index is 1.86. The van der Waals surface area contributed by atoms with Crippen LogP contribution in [0.4, 0.5) is 4.79 Å². The van der Waals surface area contributed by atoms with Crippen molar-refractivity contribution in [2.75, 3.05) is 13.1 Å². The van der Waals surface area contributed by atoms with Crippen LogP contribution in [-0.4, -0.2) is 39.9 Å². The Bertz CT molecular complexity index is 263. The zero-order chi connectivity index (χ0) is 11.6. The maximum atomic E-state index is 10.8. The summed E-state index contributed by atoms with van der Waals surface area (Å²) in [6.07, 6.45) is 6.75. The summed E-state index contributed by atoms with van der Waals surface area (Å²) in [5.41, 5.74) is -0.750. The van der Waals surface area contributed by atoms with Gasteiger partial charge in [-0.25, -0.2) is 4.79 Å². The molecule has 1 aliphatic heterocycles. The molecule has 0 bridgehead atoms. The van der Waals surface area contributed by atoms with Gasteiger partial charge in [-0.1, -0.05) is 32.1 Å². The molecule has 16 heavy (non-hydrogen) atoms. The molecular formula is C12H21NO3.